The standard InChI is InChI=1S/C20H32N6O2/c1-15(2)20-22-16(3)12-17(23-20)25-10-8-24(9-11-25)14-18(27)21-13-19(28)26-6-4-5-7-26/h12,15H,4-11,13-14H2,1-3H3,(H,21,27). The second-order valence-corrected chi connectivity index (χ2v) is 8.01. The number of hydrogen-bond donors (Lipinski definition) is 1. The molecule has 0 aromatic carbocycles. The number of likely N-dealkylation sites (tertiary alicyclic amines) is 1. The first-order chi connectivity index (χ1) is 13.4. The van der Waals surface area contributed by atoms with Crippen LogP contribution < -0.4 is 10.2 Å². The van der Waals surface area contributed by atoms with Crippen molar-refractivity contribution >= 4 is 17.6 Å². The second-order valence-electron chi connectivity index (χ2n) is 8.01. The number of amides is 2. The van der Waals surface area contributed by atoms with Gasteiger partial charge in [-0.15, -0.1) is 0 Å². The number of rotatable bonds is 6. The fourth-order valence-corrected chi connectivity index (χ4v) is 3.64. The average Bonchev–Trinajstić information content (AvgIpc) is 3.21. The summed E-state index contributed by atoms with van der Waals surface area (Å²) in [6, 6.07) is 2.03. The van der Waals surface area contributed by atoms with E-state index >= 15 is 0 Å². The summed E-state index contributed by atoms with van der Waals surface area (Å²) < 4.78 is 0. The van der Waals surface area contributed by atoms with Crippen LogP contribution in [0.5, 0.6) is 0 Å². The second kappa shape index (κ2) is 9.32. The summed E-state index contributed by atoms with van der Waals surface area (Å²) in [4.78, 5) is 39.6. The maximum atomic E-state index is 12.2. The predicted octanol–water partition coefficient (Wildman–Crippen LogP) is 0.769. The minimum atomic E-state index is -0.0824. The summed E-state index contributed by atoms with van der Waals surface area (Å²) in [7, 11) is 0. The molecule has 8 nitrogen and oxygen atoms in total. The van der Waals surface area contributed by atoms with Crippen molar-refractivity contribution in [2.45, 2.75) is 39.5 Å². The van der Waals surface area contributed by atoms with E-state index in [0.29, 0.717) is 12.5 Å². The third-order valence-corrected chi connectivity index (χ3v) is 5.33. The van der Waals surface area contributed by atoms with Gasteiger partial charge in [-0.05, 0) is 19.8 Å². The summed E-state index contributed by atoms with van der Waals surface area (Å²) in [6.45, 7) is 11.5. The van der Waals surface area contributed by atoms with Gasteiger partial charge in [0.25, 0.3) is 0 Å². The molecule has 3 heterocycles. The van der Waals surface area contributed by atoms with Gasteiger partial charge in [0.05, 0.1) is 13.1 Å². The first-order valence-electron chi connectivity index (χ1n) is 10.3. The summed E-state index contributed by atoms with van der Waals surface area (Å²) in [6.07, 6.45) is 2.13. The van der Waals surface area contributed by atoms with Crippen LogP contribution in [-0.2, 0) is 9.59 Å². The molecule has 1 N–H and O–H groups in total. The van der Waals surface area contributed by atoms with Crippen LogP contribution in [0.15, 0.2) is 6.07 Å². The molecule has 2 aliphatic heterocycles. The van der Waals surface area contributed by atoms with E-state index in [2.05, 4.69) is 33.9 Å². The van der Waals surface area contributed by atoms with Gasteiger partial charge in [0.1, 0.15) is 11.6 Å². The molecular formula is C20H32N6O2. The number of aryl methyl sites for hydroxylation is 1. The van der Waals surface area contributed by atoms with Gasteiger partial charge in [-0.25, -0.2) is 9.97 Å². The molecule has 2 fully saturated rings. The number of carbonyl (C=O) groups is 2. The highest BCUT2D eigenvalue weighted by Gasteiger charge is 2.22. The zero-order valence-electron chi connectivity index (χ0n) is 17.3. The summed E-state index contributed by atoms with van der Waals surface area (Å²) in [5, 5.41) is 2.77. The third kappa shape index (κ3) is 5.41. The number of aromatic nitrogens is 2. The van der Waals surface area contributed by atoms with Crippen LogP contribution in [0.4, 0.5) is 5.82 Å². The molecule has 2 amide bonds. The molecule has 2 saturated heterocycles. The van der Waals surface area contributed by atoms with E-state index in [1.165, 1.54) is 0 Å². The maximum absolute atomic E-state index is 12.2. The molecule has 1 aromatic heterocycles. The van der Waals surface area contributed by atoms with Crippen molar-refractivity contribution in [3.63, 3.8) is 0 Å². The zero-order valence-corrected chi connectivity index (χ0v) is 17.3. The van der Waals surface area contributed by atoms with Crippen LogP contribution >= 0.6 is 0 Å². The van der Waals surface area contributed by atoms with Gasteiger partial charge in [-0.3, -0.25) is 14.5 Å². The molecule has 0 atom stereocenters. The summed E-state index contributed by atoms with van der Waals surface area (Å²) in [5.41, 5.74) is 0.984. The third-order valence-electron chi connectivity index (χ3n) is 5.33. The Hall–Kier alpha value is -2.22. The zero-order chi connectivity index (χ0) is 20.1. The van der Waals surface area contributed by atoms with Crippen LogP contribution in [0.1, 0.15) is 44.1 Å². The largest absolute Gasteiger partial charge is 0.354 e. The molecular weight excluding hydrogens is 356 g/mol. The van der Waals surface area contributed by atoms with Crippen molar-refractivity contribution in [2.75, 3.05) is 57.3 Å². The Morgan fingerprint density at radius 1 is 1.07 bits per heavy atom. The molecule has 154 valence electrons. The lowest BCUT2D eigenvalue weighted by Crippen LogP contribution is -2.50. The lowest BCUT2D eigenvalue weighted by molar-refractivity contribution is -0.132. The predicted molar refractivity (Wildman–Crippen MR) is 108 cm³/mol. The minimum absolute atomic E-state index is 0.0238. The number of anilines is 1. The van der Waals surface area contributed by atoms with E-state index < -0.39 is 0 Å². The van der Waals surface area contributed by atoms with Gasteiger partial charge in [0.2, 0.25) is 11.8 Å². The molecule has 28 heavy (non-hydrogen) atoms. The van der Waals surface area contributed by atoms with E-state index in [1.54, 1.807) is 0 Å². The highest BCUT2D eigenvalue weighted by molar-refractivity contribution is 5.85. The highest BCUT2D eigenvalue weighted by atomic mass is 16.2. The van der Waals surface area contributed by atoms with Crippen molar-refractivity contribution in [2.24, 2.45) is 0 Å². The number of carbonyl (C=O) groups excluding carboxylic acids is 2. The normalized spacial score (nSPS) is 18.0. The molecule has 2 aliphatic rings. The SMILES string of the molecule is Cc1cc(N2CCN(CC(=O)NCC(=O)N3CCCC3)CC2)nc(C(C)C)n1. The molecule has 0 radical (unpaired) electrons. The minimum Gasteiger partial charge on any atom is -0.354 e. The maximum Gasteiger partial charge on any atom is 0.241 e. The van der Waals surface area contributed by atoms with Gasteiger partial charge in [-0.2, -0.15) is 0 Å². The Kier molecular flexibility index (Phi) is 6.83. The van der Waals surface area contributed by atoms with E-state index in [-0.39, 0.29) is 18.4 Å². The topological polar surface area (TPSA) is 81.7 Å². The molecule has 0 spiro atoms. The van der Waals surface area contributed by atoms with Gasteiger partial charge in [0, 0.05) is 56.9 Å². The van der Waals surface area contributed by atoms with Gasteiger partial charge in [0.15, 0.2) is 0 Å². The Morgan fingerprint density at radius 2 is 1.75 bits per heavy atom. The number of nitrogens with one attached hydrogen (secondary N) is 1. The van der Waals surface area contributed by atoms with E-state index in [9.17, 15) is 9.59 Å². The highest BCUT2D eigenvalue weighted by Crippen LogP contribution is 2.18. The van der Waals surface area contributed by atoms with Crippen molar-refractivity contribution < 1.29 is 9.59 Å². The Morgan fingerprint density at radius 3 is 2.39 bits per heavy atom. The quantitative estimate of drug-likeness (QED) is 0.775. The van der Waals surface area contributed by atoms with Crippen molar-refractivity contribution in [1.82, 2.24) is 25.1 Å². The first-order valence-corrected chi connectivity index (χ1v) is 10.3. The fraction of sp³-hybridized carbons (Fsp3) is 0.700. The molecule has 0 unspecified atom stereocenters. The molecule has 0 saturated carbocycles. The Balaban J connectivity index is 1.44. The summed E-state index contributed by atoms with van der Waals surface area (Å²) >= 11 is 0. The van der Waals surface area contributed by atoms with Crippen molar-refractivity contribution in [1.29, 1.82) is 0 Å². The number of piperazine rings is 1. The van der Waals surface area contributed by atoms with Crippen molar-refractivity contribution in [3.05, 3.63) is 17.6 Å². The first kappa shape index (κ1) is 20.5. The van der Waals surface area contributed by atoms with Gasteiger partial charge >= 0.3 is 0 Å². The van der Waals surface area contributed by atoms with Crippen LogP contribution in [-0.4, -0.2) is 83.9 Å². The lowest BCUT2D eigenvalue weighted by Gasteiger charge is -2.35. The van der Waals surface area contributed by atoms with E-state index in [4.69, 9.17) is 4.98 Å². The Bertz CT molecular complexity index is 694. The number of hydrogen-bond acceptors (Lipinski definition) is 6. The average molecular weight is 389 g/mol. The smallest absolute Gasteiger partial charge is 0.241 e. The summed E-state index contributed by atoms with van der Waals surface area (Å²) in [5.74, 6) is 2.08. The molecule has 8 heteroatoms. The lowest BCUT2D eigenvalue weighted by atomic mass is 10.2. The molecule has 1 aromatic rings. The van der Waals surface area contributed by atoms with Crippen LogP contribution in [0.3, 0.4) is 0 Å². The van der Waals surface area contributed by atoms with Gasteiger partial charge in [-0.1, -0.05) is 13.8 Å². The van der Waals surface area contributed by atoms with Crippen molar-refractivity contribution in [3.8, 4) is 0 Å². The monoisotopic (exact) mass is 388 g/mol. The fourth-order valence-electron chi connectivity index (χ4n) is 3.64. The molecule has 3 rings (SSSR count). The molecule has 0 aliphatic carbocycles. The van der Waals surface area contributed by atoms with E-state index in [0.717, 1.165) is 69.4 Å². The Labute approximate surface area is 167 Å². The van der Waals surface area contributed by atoms with Crippen LogP contribution in [0, 0.1) is 6.92 Å². The van der Waals surface area contributed by atoms with Crippen LogP contribution in [0.2, 0.25) is 0 Å². The molecule has 0 bridgehead atoms. The van der Waals surface area contributed by atoms with Crippen LogP contribution in [0.25, 0.3) is 0 Å². The van der Waals surface area contributed by atoms with E-state index in [1.807, 2.05) is 17.9 Å². The van der Waals surface area contributed by atoms with Gasteiger partial charge < -0.3 is 15.1 Å². The number of nitrogens with zero attached hydrogens (tertiary/aromatic N) is 5.